The maximum Gasteiger partial charge on any atom is 0.0720 e. The van der Waals surface area contributed by atoms with E-state index in [2.05, 4.69) is 243 Å². The van der Waals surface area contributed by atoms with Crippen molar-refractivity contribution in [2.24, 2.45) is 0 Å². The highest BCUT2D eigenvalue weighted by molar-refractivity contribution is 5.96. The summed E-state index contributed by atoms with van der Waals surface area (Å²) in [5, 5.41) is 0. The third-order valence-corrected chi connectivity index (χ3v) is 13.0. The van der Waals surface area contributed by atoms with Crippen LogP contribution in [-0.2, 0) is 10.8 Å². The average Bonchev–Trinajstić information content (AvgIpc) is 3.60. The van der Waals surface area contributed by atoms with Crippen LogP contribution in [0.5, 0.6) is 0 Å². The van der Waals surface area contributed by atoms with Gasteiger partial charge < -0.3 is 4.90 Å². The van der Waals surface area contributed by atoms with Crippen molar-refractivity contribution < 1.29 is 0 Å². The van der Waals surface area contributed by atoms with Crippen LogP contribution < -0.4 is 4.90 Å². The Kier molecular flexibility index (Phi) is 8.13. The lowest BCUT2D eigenvalue weighted by Crippen LogP contribution is -2.40. The van der Waals surface area contributed by atoms with E-state index in [1.807, 2.05) is 0 Å². The standard InChI is InChI=1S/C58H43N/c1-57(2)51-31-17-18-32-53(51)58(49-29-15-12-27-46(49)47-28-13-16-30-50(47)58)54-39-44(35-36-52(54)57)59(55-33-19-14-26-45(55)41-22-8-4-9-23-41)56-37-34-43(40-20-6-3-7-21-40)38-48(56)42-24-10-5-11-25-42/h3-39H,1-2H3. The van der Waals surface area contributed by atoms with Gasteiger partial charge in [-0.15, -0.1) is 0 Å². The van der Waals surface area contributed by atoms with Crippen molar-refractivity contribution in [3.05, 3.63) is 258 Å². The Balaban J connectivity index is 1.24. The SMILES string of the molecule is CC1(C)c2ccccc2C2(c3ccccc3-c3ccccc32)c2cc(N(c3ccccc3-c3ccccc3)c3ccc(-c4ccccc4)cc3-c3ccccc3)ccc21. The molecule has 1 heteroatoms. The second-order valence-electron chi connectivity index (χ2n) is 16.4. The maximum absolute atomic E-state index is 2.54. The molecule has 0 heterocycles. The van der Waals surface area contributed by atoms with Gasteiger partial charge in [0.15, 0.2) is 0 Å². The molecule has 280 valence electrons. The second kappa shape index (κ2) is 13.7. The molecule has 2 aliphatic carbocycles. The number of anilines is 3. The topological polar surface area (TPSA) is 3.24 Å². The zero-order chi connectivity index (χ0) is 39.6. The lowest BCUT2D eigenvalue weighted by atomic mass is 9.55. The van der Waals surface area contributed by atoms with Gasteiger partial charge in [-0.25, -0.2) is 0 Å². The third kappa shape index (κ3) is 5.31. The van der Waals surface area contributed by atoms with Crippen molar-refractivity contribution in [1.82, 2.24) is 0 Å². The van der Waals surface area contributed by atoms with Crippen molar-refractivity contribution in [3.63, 3.8) is 0 Å². The van der Waals surface area contributed by atoms with Gasteiger partial charge >= 0.3 is 0 Å². The smallest absolute Gasteiger partial charge is 0.0720 e. The largest absolute Gasteiger partial charge is 0.309 e. The van der Waals surface area contributed by atoms with Crippen LogP contribution in [0.15, 0.2) is 224 Å². The fourth-order valence-corrected chi connectivity index (χ4v) is 10.3. The van der Waals surface area contributed by atoms with Gasteiger partial charge in [0.25, 0.3) is 0 Å². The molecule has 0 saturated carbocycles. The first kappa shape index (κ1) is 35.0. The summed E-state index contributed by atoms with van der Waals surface area (Å²) < 4.78 is 0. The minimum Gasteiger partial charge on any atom is -0.309 e. The van der Waals surface area contributed by atoms with Crippen LogP contribution in [0, 0.1) is 0 Å². The summed E-state index contributed by atoms with van der Waals surface area (Å²) in [6, 6.07) is 83.1. The molecule has 1 nitrogen and oxygen atoms in total. The number of para-hydroxylation sites is 1. The minimum absolute atomic E-state index is 0.235. The number of benzene rings is 9. The highest BCUT2D eigenvalue weighted by Crippen LogP contribution is 2.63. The summed E-state index contributed by atoms with van der Waals surface area (Å²) in [7, 11) is 0. The fraction of sp³-hybridized carbons (Fsp3) is 0.0690. The van der Waals surface area contributed by atoms with Gasteiger partial charge in [-0.05, 0) is 97.1 Å². The number of rotatable bonds is 6. The van der Waals surface area contributed by atoms with Crippen LogP contribution in [0.4, 0.5) is 17.1 Å². The van der Waals surface area contributed by atoms with E-state index in [0.29, 0.717) is 0 Å². The third-order valence-electron chi connectivity index (χ3n) is 13.0. The van der Waals surface area contributed by atoms with Crippen molar-refractivity contribution in [2.45, 2.75) is 24.7 Å². The molecule has 0 fully saturated rings. The summed E-state index contributed by atoms with van der Waals surface area (Å²) in [6.45, 7) is 4.81. The molecular weight excluding hydrogens is 711 g/mol. The van der Waals surface area contributed by atoms with Crippen LogP contribution >= 0.6 is 0 Å². The predicted octanol–water partition coefficient (Wildman–Crippen LogP) is 15.2. The molecular formula is C58H43N. The Morgan fingerprint density at radius 3 is 1.37 bits per heavy atom. The molecule has 0 unspecified atom stereocenters. The minimum atomic E-state index is -0.505. The van der Waals surface area contributed by atoms with E-state index in [0.717, 1.165) is 17.1 Å². The van der Waals surface area contributed by atoms with Gasteiger partial charge in [-0.1, -0.05) is 208 Å². The molecule has 0 radical (unpaired) electrons. The van der Waals surface area contributed by atoms with E-state index < -0.39 is 5.41 Å². The summed E-state index contributed by atoms with van der Waals surface area (Å²) in [6.07, 6.45) is 0. The van der Waals surface area contributed by atoms with Crippen molar-refractivity contribution >= 4 is 17.1 Å². The molecule has 9 aromatic carbocycles. The number of nitrogens with zero attached hydrogens (tertiary/aromatic N) is 1. The van der Waals surface area contributed by atoms with Crippen LogP contribution in [0.2, 0.25) is 0 Å². The first-order valence-electron chi connectivity index (χ1n) is 20.7. The zero-order valence-electron chi connectivity index (χ0n) is 33.3. The van der Waals surface area contributed by atoms with E-state index in [1.54, 1.807) is 0 Å². The van der Waals surface area contributed by atoms with E-state index in [9.17, 15) is 0 Å². The van der Waals surface area contributed by atoms with E-state index >= 15 is 0 Å². The van der Waals surface area contributed by atoms with Crippen LogP contribution in [0.3, 0.4) is 0 Å². The van der Waals surface area contributed by atoms with Crippen LogP contribution in [0.1, 0.15) is 47.2 Å². The fourth-order valence-electron chi connectivity index (χ4n) is 10.3. The van der Waals surface area contributed by atoms with E-state index in [4.69, 9.17) is 0 Å². The lowest BCUT2D eigenvalue weighted by Gasteiger charge is -2.47. The molecule has 2 aliphatic rings. The monoisotopic (exact) mass is 753 g/mol. The van der Waals surface area contributed by atoms with Gasteiger partial charge in [0.1, 0.15) is 0 Å². The van der Waals surface area contributed by atoms with Crippen LogP contribution in [0.25, 0.3) is 44.5 Å². The van der Waals surface area contributed by atoms with Crippen molar-refractivity contribution in [3.8, 4) is 44.5 Å². The molecule has 11 rings (SSSR count). The van der Waals surface area contributed by atoms with Gasteiger partial charge in [0.2, 0.25) is 0 Å². The predicted molar refractivity (Wildman–Crippen MR) is 247 cm³/mol. The Bertz CT molecular complexity index is 2970. The summed E-state index contributed by atoms with van der Waals surface area (Å²) in [5.41, 5.74) is 20.4. The second-order valence-corrected chi connectivity index (χ2v) is 16.4. The number of hydrogen-bond acceptors (Lipinski definition) is 1. The number of fused-ring (bicyclic) bond motifs is 9. The summed E-state index contributed by atoms with van der Waals surface area (Å²) in [4.78, 5) is 2.52. The van der Waals surface area contributed by atoms with Gasteiger partial charge in [0.05, 0.1) is 16.8 Å². The highest BCUT2D eigenvalue weighted by atomic mass is 15.1. The Morgan fingerprint density at radius 1 is 0.288 bits per heavy atom. The molecule has 0 aromatic heterocycles. The van der Waals surface area contributed by atoms with Gasteiger partial charge in [-0.2, -0.15) is 0 Å². The Morgan fingerprint density at radius 2 is 0.746 bits per heavy atom. The average molecular weight is 754 g/mol. The molecule has 0 amide bonds. The Labute approximate surface area is 347 Å². The zero-order valence-corrected chi connectivity index (χ0v) is 33.3. The molecule has 59 heavy (non-hydrogen) atoms. The molecule has 0 aliphatic heterocycles. The molecule has 0 saturated heterocycles. The molecule has 1 spiro atoms. The first-order chi connectivity index (χ1) is 29.0. The van der Waals surface area contributed by atoms with Gasteiger partial charge in [0, 0.05) is 22.2 Å². The van der Waals surface area contributed by atoms with E-state index in [-0.39, 0.29) is 5.41 Å². The summed E-state index contributed by atoms with van der Waals surface area (Å²) in [5.74, 6) is 0. The number of hydrogen-bond donors (Lipinski definition) is 0. The van der Waals surface area contributed by atoms with Crippen molar-refractivity contribution in [1.29, 1.82) is 0 Å². The van der Waals surface area contributed by atoms with Gasteiger partial charge in [-0.3, -0.25) is 0 Å². The highest BCUT2D eigenvalue weighted by Gasteiger charge is 2.53. The molecule has 0 N–H and O–H groups in total. The normalized spacial score (nSPS) is 13.9. The molecule has 9 aromatic rings. The van der Waals surface area contributed by atoms with E-state index in [1.165, 1.54) is 77.9 Å². The summed E-state index contributed by atoms with van der Waals surface area (Å²) >= 11 is 0. The maximum atomic E-state index is 2.54. The quantitative estimate of drug-likeness (QED) is 0.163. The molecule has 0 bridgehead atoms. The van der Waals surface area contributed by atoms with Crippen molar-refractivity contribution in [2.75, 3.05) is 4.90 Å². The molecule has 0 atom stereocenters. The lowest BCUT2D eigenvalue weighted by molar-refractivity contribution is 0.563. The first-order valence-corrected chi connectivity index (χ1v) is 20.7. The Hall–Kier alpha value is -7.22. The van der Waals surface area contributed by atoms with Crippen LogP contribution in [-0.4, -0.2) is 0 Å².